The van der Waals surface area contributed by atoms with E-state index in [-0.39, 0.29) is 6.04 Å². The molecule has 0 aliphatic rings. The van der Waals surface area contributed by atoms with Crippen molar-refractivity contribution in [2.45, 2.75) is 25.9 Å². The first-order chi connectivity index (χ1) is 8.14. The Balaban J connectivity index is 4.17. The van der Waals surface area contributed by atoms with Crippen molar-refractivity contribution in [3.63, 3.8) is 0 Å². The van der Waals surface area contributed by atoms with Gasteiger partial charge in [-0.05, 0) is 13.5 Å². The molecule has 0 heterocycles. The minimum atomic E-state index is -2.56. The third kappa shape index (κ3) is 7.09. The van der Waals surface area contributed by atoms with E-state index in [9.17, 15) is 0 Å². The van der Waals surface area contributed by atoms with Gasteiger partial charge in [0.2, 0.25) is 0 Å². The molecular weight excluding hydrogens is 238 g/mol. The maximum atomic E-state index is 5.73. The Hall–Kier alpha value is -0.0231. The van der Waals surface area contributed by atoms with Crippen LogP contribution in [-0.4, -0.2) is 55.4 Å². The van der Waals surface area contributed by atoms with E-state index in [2.05, 4.69) is 17.6 Å². The summed E-state index contributed by atoms with van der Waals surface area (Å²) in [6, 6.07) is 0.984. The Labute approximate surface area is 106 Å². The van der Waals surface area contributed by atoms with Gasteiger partial charge in [0.25, 0.3) is 0 Å². The molecule has 0 aromatic carbocycles. The van der Waals surface area contributed by atoms with E-state index >= 15 is 0 Å². The van der Waals surface area contributed by atoms with Crippen LogP contribution >= 0.6 is 0 Å². The molecule has 6 nitrogen and oxygen atoms in total. The topological polar surface area (TPSA) is 77.8 Å². The van der Waals surface area contributed by atoms with E-state index in [1.807, 2.05) is 6.92 Å². The van der Waals surface area contributed by atoms with Crippen LogP contribution in [0.4, 0.5) is 0 Å². The number of hydrogen-bond acceptors (Lipinski definition) is 6. The average molecular weight is 265 g/mol. The second-order valence-corrected chi connectivity index (χ2v) is 6.71. The summed E-state index contributed by atoms with van der Waals surface area (Å²) >= 11 is 0. The van der Waals surface area contributed by atoms with Gasteiger partial charge in [-0.3, -0.25) is 5.32 Å². The molecule has 0 rings (SSSR count). The molecule has 7 heteroatoms. The highest BCUT2D eigenvalue weighted by molar-refractivity contribution is 6.60. The number of nitrogens with two attached hydrogens (primary N) is 1. The van der Waals surface area contributed by atoms with Crippen molar-refractivity contribution in [2.24, 2.45) is 5.73 Å². The fourth-order valence-corrected chi connectivity index (χ4v) is 3.54. The molecule has 104 valence electrons. The third-order valence-corrected chi connectivity index (χ3v) is 5.40. The summed E-state index contributed by atoms with van der Waals surface area (Å²) in [5, 5.41) is 6.40. The summed E-state index contributed by atoms with van der Waals surface area (Å²) in [4.78, 5) is 0. The molecule has 0 aromatic heterocycles. The average Bonchev–Trinajstić information content (AvgIpc) is 2.35. The molecule has 0 spiro atoms. The van der Waals surface area contributed by atoms with Gasteiger partial charge >= 0.3 is 8.80 Å². The lowest BCUT2D eigenvalue weighted by Gasteiger charge is -2.29. The largest absolute Gasteiger partial charge is 0.502 e. The molecule has 0 saturated heterocycles. The minimum absolute atomic E-state index is 0.256. The molecular formula is C10H27N3O3Si. The van der Waals surface area contributed by atoms with E-state index in [0.717, 1.165) is 19.1 Å². The number of rotatable bonds is 11. The second-order valence-electron chi connectivity index (χ2n) is 3.83. The van der Waals surface area contributed by atoms with Crippen LogP contribution in [0, 0.1) is 0 Å². The molecule has 17 heavy (non-hydrogen) atoms. The zero-order chi connectivity index (χ0) is 13.1. The molecule has 4 N–H and O–H groups in total. The van der Waals surface area contributed by atoms with Crippen molar-refractivity contribution in [1.29, 1.82) is 0 Å². The Bertz CT molecular complexity index is 182. The van der Waals surface area contributed by atoms with Gasteiger partial charge in [-0.2, -0.15) is 0 Å². The summed E-state index contributed by atoms with van der Waals surface area (Å²) < 4.78 is 16.7. The molecule has 0 aromatic rings. The fourth-order valence-electron chi connectivity index (χ4n) is 1.47. The SMILES string of the molecule is CCNCO[Si](CC(C)NCCN)(OC)OC. The van der Waals surface area contributed by atoms with Gasteiger partial charge in [0.1, 0.15) is 0 Å². The second kappa shape index (κ2) is 9.95. The smallest absolute Gasteiger partial charge is 0.377 e. The molecule has 0 fully saturated rings. The lowest BCUT2D eigenvalue weighted by Crippen LogP contribution is -2.50. The van der Waals surface area contributed by atoms with Gasteiger partial charge < -0.3 is 24.3 Å². The molecule has 0 amide bonds. The van der Waals surface area contributed by atoms with Gasteiger partial charge in [-0.15, -0.1) is 0 Å². The normalized spacial score (nSPS) is 13.9. The molecule has 0 saturated carbocycles. The maximum absolute atomic E-state index is 5.73. The highest BCUT2D eigenvalue weighted by Crippen LogP contribution is 2.15. The Morgan fingerprint density at radius 2 is 1.94 bits per heavy atom. The molecule has 0 bridgehead atoms. The van der Waals surface area contributed by atoms with Crippen LogP contribution in [0.25, 0.3) is 0 Å². The minimum Gasteiger partial charge on any atom is -0.377 e. The summed E-state index contributed by atoms with van der Waals surface area (Å²) in [5.74, 6) is 0. The van der Waals surface area contributed by atoms with Gasteiger partial charge in [0.05, 0.1) is 6.73 Å². The van der Waals surface area contributed by atoms with Crippen LogP contribution in [0.15, 0.2) is 0 Å². The van der Waals surface area contributed by atoms with Crippen molar-refractivity contribution in [3.8, 4) is 0 Å². The van der Waals surface area contributed by atoms with E-state index in [1.165, 1.54) is 0 Å². The fraction of sp³-hybridized carbons (Fsp3) is 1.00. The van der Waals surface area contributed by atoms with Gasteiger partial charge in [-0.1, -0.05) is 6.92 Å². The maximum Gasteiger partial charge on any atom is 0.502 e. The molecule has 0 radical (unpaired) electrons. The van der Waals surface area contributed by atoms with E-state index < -0.39 is 8.80 Å². The quantitative estimate of drug-likeness (QED) is 0.271. The highest BCUT2D eigenvalue weighted by atomic mass is 28.4. The van der Waals surface area contributed by atoms with Crippen molar-refractivity contribution in [3.05, 3.63) is 0 Å². The van der Waals surface area contributed by atoms with Crippen LogP contribution in [0.3, 0.4) is 0 Å². The third-order valence-electron chi connectivity index (χ3n) is 2.46. The van der Waals surface area contributed by atoms with Gasteiger partial charge in [0, 0.05) is 39.4 Å². The summed E-state index contributed by atoms with van der Waals surface area (Å²) in [7, 11) is 0.713. The van der Waals surface area contributed by atoms with Crippen LogP contribution in [0.5, 0.6) is 0 Å². The van der Waals surface area contributed by atoms with Crippen molar-refractivity contribution < 1.29 is 13.3 Å². The van der Waals surface area contributed by atoms with E-state index in [4.69, 9.17) is 19.0 Å². The Morgan fingerprint density at radius 3 is 2.41 bits per heavy atom. The zero-order valence-corrected chi connectivity index (χ0v) is 12.4. The lowest BCUT2D eigenvalue weighted by atomic mass is 10.4. The summed E-state index contributed by atoms with van der Waals surface area (Å²) in [6.07, 6.45) is 0. The van der Waals surface area contributed by atoms with Crippen molar-refractivity contribution in [2.75, 3.05) is 40.6 Å². The van der Waals surface area contributed by atoms with Gasteiger partial charge in [0.15, 0.2) is 0 Å². The van der Waals surface area contributed by atoms with Crippen LogP contribution in [0.2, 0.25) is 6.04 Å². The van der Waals surface area contributed by atoms with Crippen LogP contribution in [0.1, 0.15) is 13.8 Å². The Morgan fingerprint density at radius 1 is 1.29 bits per heavy atom. The summed E-state index contributed by atoms with van der Waals surface area (Å²) in [5.41, 5.74) is 5.45. The number of nitrogens with one attached hydrogen (secondary N) is 2. The first-order valence-corrected chi connectivity index (χ1v) is 7.95. The standard InChI is InChI=1S/C10H27N3O3Si/c1-5-12-9-16-17(14-3,15-4)8-10(2)13-7-6-11/h10,12-13H,5-9,11H2,1-4H3. The molecule has 1 unspecified atom stereocenters. The highest BCUT2D eigenvalue weighted by Gasteiger charge is 2.40. The first-order valence-electron chi connectivity index (χ1n) is 6.02. The lowest BCUT2D eigenvalue weighted by molar-refractivity contribution is 0.0883. The van der Waals surface area contributed by atoms with Gasteiger partial charge in [-0.25, -0.2) is 0 Å². The van der Waals surface area contributed by atoms with Crippen LogP contribution < -0.4 is 16.4 Å². The first kappa shape index (κ1) is 17.0. The molecule has 0 aliphatic carbocycles. The van der Waals surface area contributed by atoms with Crippen molar-refractivity contribution >= 4 is 8.80 Å². The monoisotopic (exact) mass is 265 g/mol. The predicted molar refractivity (Wildman–Crippen MR) is 70.7 cm³/mol. The number of hydrogen-bond donors (Lipinski definition) is 3. The predicted octanol–water partition coefficient (Wildman–Crippen LogP) is -0.261. The van der Waals surface area contributed by atoms with Crippen molar-refractivity contribution in [1.82, 2.24) is 10.6 Å². The molecule has 0 aliphatic heterocycles. The zero-order valence-electron chi connectivity index (χ0n) is 11.4. The van der Waals surface area contributed by atoms with Crippen LogP contribution in [-0.2, 0) is 13.3 Å². The Kier molecular flexibility index (Phi) is 9.94. The van der Waals surface area contributed by atoms with E-state index in [1.54, 1.807) is 14.2 Å². The summed E-state index contributed by atoms with van der Waals surface area (Å²) in [6.45, 7) is 6.82. The van der Waals surface area contributed by atoms with E-state index in [0.29, 0.717) is 13.3 Å². The molecule has 1 atom stereocenters.